The number of benzene rings is 2. The van der Waals surface area contributed by atoms with Crippen molar-refractivity contribution in [2.24, 2.45) is 0 Å². The number of halogens is 2. The van der Waals surface area contributed by atoms with Crippen molar-refractivity contribution in [3.8, 4) is 0 Å². The normalized spacial score (nSPS) is 10.2. The highest BCUT2D eigenvalue weighted by Crippen LogP contribution is 2.23. The predicted molar refractivity (Wildman–Crippen MR) is 77.2 cm³/mol. The number of nitrogens with one attached hydrogen (secondary N) is 1. The van der Waals surface area contributed by atoms with Gasteiger partial charge in [-0.15, -0.1) is 0 Å². The summed E-state index contributed by atoms with van der Waals surface area (Å²) in [5.74, 6) is -2.70. The van der Waals surface area contributed by atoms with Crippen molar-refractivity contribution in [1.82, 2.24) is 0 Å². The summed E-state index contributed by atoms with van der Waals surface area (Å²) in [4.78, 5) is 23.2. The monoisotopic (exact) mass is 308 g/mol. The van der Waals surface area contributed by atoms with E-state index in [1.54, 1.807) is 0 Å². The van der Waals surface area contributed by atoms with Crippen LogP contribution in [0.5, 0.6) is 0 Å². The highest BCUT2D eigenvalue weighted by molar-refractivity contribution is 6.34. The van der Waals surface area contributed by atoms with Gasteiger partial charge in [0.05, 0.1) is 21.8 Å². The van der Waals surface area contributed by atoms with Crippen molar-refractivity contribution in [2.75, 3.05) is 11.1 Å². The van der Waals surface area contributed by atoms with Crippen LogP contribution in [0.2, 0.25) is 5.02 Å². The molecule has 2 rings (SSSR count). The van der Waals surface area contributed by atoms with Crippen molar-refractivity contribution in [2.45, 2.75) is 0 Å². The molecule has 0 saturated carbocycles. The first kappa shape index (κ1) is 14.8. The zero-order chi connectivity index (χ0) is 15.6. The Kier molecular flexibility index (Phi) is 4.09. The molecule has 0 saturated heterocycles. The van der Waals surface area contributed by atoms with Crippen molar-refractivity contribution < 1.29 is 19.1 Å². The quantitative estimate of drug-likeness (QED) is 0.760. The van der Waals surface area contributed by atoms with Crippen molar-refractivity contribution in [3.63, 3.8) is 0 Å². The Morgan fingerprint density at radius 1 is 1.19 bits per heavy atom. The van der Waals surface area contributed by atoms with Gasteiger partial charge in [0, 0.05) is 5.69 Å². The summed E-state index contributed by atoms with van der Waals surface area (Å²) in [6.07, 6.45) is 0. The summed E-state index contributed by atoms with van der Waals surface area (Å²) >= 11 is 5.71. The van der Waals surface area contributed by atoms with Crippen molar-refractivity contribution >= 4 is 34.9 Å². The molecule has 0 bridgehead atoms. The van der Waals surface area contributed by atoms with Gasteiger partial charge in [-0.3, -0.25) is 4.79 Å². The van der Waals surface area contributed by atoms with Gasteiger partial charge in [0.2, 0.25) is 0 Å². The zero-order valence-corrected chi connectivity index (χ0v) is 11.3. The summed E-state index contributed by atoms with van der Waals surface area (Å²) < 4.78 is 13.3. The fourth-order valence-corrected chi connectivity index (χ4v) is 1.93. The van der Waals surface area contributed by atoms with Gasteiger partial charge < -0.3 is 16.2 Å². The van der Waals surface area contributed by atoms with Gasteiger partial charge >= 0.3 is 5.97 Å². The van der Waals surface area contributed by atoms with Gasteiger partial charge in [-0.05, 0) is 30.3 Å². The second-order valence-corrected chi connectivity index (χ2v) is 4.54. The molecule has 21 heavy (non-hydrogen) atoms. The molecular weight excluding hydrogens is 299 g/mol. The third-order valence-corrected chi connectivity index (χ3v) is 3.10. The molecule has 0 radical (unpaired) electrons. The summed E-state index contributed by atoms with van der Waals surface area (Å²) in [6, 6.07) is 7.78. The SMILES string of the molecule is Nc1ccc(NC(=O)c2cccc(F)c2Cl)c(C(=O)O)c1. The second-order valence-electron chi connectivity index (χ2n) is 4.17. The van der Waals surface area contributed by atoms with Gasteiger partial charge in [0.15, 0.2) is 0 Å². The maximum Gasteiger partial charge on any atom is 0.337 e. The van der Waals surface area contributed by atoms with E-state index >= 15 is 0 Å². The number of carbonyl (C=O) groups is 2. The van der Waals surface area contributed by atoms with Gasteiger partial charge in [0.1, 0.15) is 5.82 Å². The summed E-state index contributed by atoms with van der Waals surface area (Å²) in [6.45, 7) is 0. The maximum atomic E-state index is 13.3. The Morgan fingerprint density at radius 2 is 1.90 bits per heavy atom. The molecule has 0 aromatic heterocycles. The molecule has 108 valence electrons. The Bertz CT molecular complexity index is 734. The van der Waals surface area contributed by atoms with E-state index in [-0.39, 0.29) is 27.5 Å². The van der Waals surface area contributed by atoms with Gasteiger partial charge in [-0.25, -0.2) is 9.18 Å². The first-order chi connectivity index (χ1) is 9.90. The molecule has 0 unspecified atom stereocenters. The third kappa shape index (κ3) is 3.11. The number of hydrogen-bond donors (Lipinski definition) is 3. The number of anilines is 2. The van der Waals surface area contributed by atoms with E-state index in [4.69, 9.17) is 22.4 Å². The molecule has 0 heterocycles. The molecule has 1 amide bonds. The molecule has 0 spiro atoms. The summed E-state index contributed by atoms with van der Waals surface area (Å²) in [7, 11) is 0. The van der Waals surface area contributed by atoms with E-state index < -0.39 is 17.7 Å². The van der Waals surface area contributed by atoms with Crippen LogP contribution in [0, 0.1) is 5.82 Å². The smallest absolute Gasteiger partial charge is 0.337 e. The highest BCUT2D eigenvalue weighted by atomic mass is 35.5. The van der Waals surface area contributed by atoms with Crippen LogP contribution >= 0.6 is 11.6 Å². The Labute approximate surface area is 124 Å². The second kappa shape index (κ2) is 5.80. The molecule has 0 aliphatic rings. The number of rotatable bonds is 3. The van der Waals surface area contributed by atoms with Crippen molar-refractivity contribution in [1.29, 1.82) is 0 Å². The maximum absolute atomic E-state index is 13.3. The molecule has 7 heteroatoms. The first-order valence-corrected chi connectivity index (χ1v) is 6.16. The summed E-state index contributed by atoms with van der Waals surface area (Å²) in [5.41, 5.74) is 5.53. The molecule has 2 aromatic rings. The van der Waals surface area contributed by atoms with E-state index in [0.29, 0.717) is 0 Å². The van der Waals surface area contributed by atoms with Crippen LogP contribution in [0.25, 0.3) is 0 Å². The minimum absolute atomic E-state index is 0.0435. The van der Waals surface area contributed by atoms with Crippen LogP contribution in [-0.2, 0) is 0 Å². The lowest BCUT2D eigenvalue weighted by atomic mass is 10.1. The van der Waals surface area contributed by atoms with Gasteiger partial charge in [-0.2, -0.15) is 0 Å². The molecule has 0 fully saturated rings. The van der Waals surface area contributed by atoms with E-state index in [0.717, 1.165) is 6.07 Å². The van der Waals surface area contributed by atoms with Gasteiger partial charge in [0.25, 0.3) is 5.91 Å². The fraction of sp³-hybridized carbons (Fsp3) is 0. The van der Waals surface area contributed by atoms with Crippen molar-refractivity contribution in [3.05, 3.63) is 58.4 Å². The Morgan fingerprint density at radius 3 is 2.57 bits per heavy atom. The van der Waals surface area contributed by atoms with E-state index in [2.05, 4.69) is 5.32 Å². The van der Waals surface area contributed by atoms with Crippen LogP contribution < -0.4 is 11.1 Å². The lowest BCUT2D eigenvalue weighted by molar-refractivity contribution is 0.0698. The van der Waals surface area contributed by atoms with E-state index in [1.807, 2.05) is 0 Å². The number of carboxylic acid groups (broad SMARTS) is 1. The zero-order valence-electron chi connectivity index (χ0n) is 10.6. The van der Waals surface area contributed by atoms with Crippen LogP contribution in [0.1, 0.15) is 20.7 Å². The topological polar surface area (TPSA) is 92.4 Å². The standard InChI is InChI=1S/C14H10ClFN2O3/c15-12-8(2-1-3-10(12)16)13(19)18-11-5-4-7(17)6-9(11)14(20)21/h1-6H,17H2,(H,18,19)(H,20,21). The van der Waals surface area contributed by atoms with Crippen LogP contribution in [0.3, 0.4) is 0 Å². The van der Waals surface area contributed by atoms with E-state index in [1.165, 1.54) is 30.3 Å². The van der Waals surface area contributed by atoms with Crippen LogP contribution in [0.4, 0.5) is 15.8 Å². The molecule has 5 nitrogen and oxygen atoms in total. The molecule has 0 atom stereocenters. The average molecular weight is 309 g/mol. The number of nitrogens with two attached hydrogens (primary N) is 1. The minimum Gasteiger partial charge on any atom is -0.478 e. The number of aromatic carboxylic acids is 1. The molecule has 0 aliphatic carbocycles. The minimum atomic E-state index is -1.25. The molecule has 2 aromatic carbocycles. The molecule has 4 N–H and O–H groups in total. The van der Waals surface area contributed by atoms with E-state index in [9.17, 15) is 14.0 Å². The van der Waals surface area contributed by atoms with Crippen LogP contribution in [-0.4, -0.2) is 17.0 Å². The number of nitrogen functional groups attached to an aromatic ring is 1. The Hall–Kier alpha value is -2.60. The fourth-order valence-electron chi connectivity index (χ4n) is 1.72. The Balaban J connectivity index is 2.36. The van der Waals surface area contributed by atoms with Crippen LogP contribution in [0.15, 0.2) is 36.4 Å². The van der Waals surface area contributed by atoms with Gasteiger partial charge in [-0.1, -0.05) is 17.7 Å². The largest absolute Gasteiger partial charge is 0.478 e. The molecular formula is C14H10ClFN2O3. The third-order valence-electron chi connectivity index (χ3n) is 2.72. The number of carboxylic acids is 1. The lowest BCUT2D eigenvalue weighted by Gasteiger charge is -2.10. The average Bonchev–Trinajstić information content (AvgIpc) is 2.43. The number of carbonyl (C=O) groups excluding carboxylic acids is 1. The predicted octanol–water partition coefficient (Wildman–Crippen LogP) is 3.01. The highest BCUT2D eigenvalue weighted by Gasteiger charge is 2.17. The number of hydrogen-bond acceptors (Lipinski definition) is 3. The first-order valence-electron chi connectivity index (χ1n) is 5.78. The molecule has 0 aliphatic heterocycles. The summed E-state index contributed by atoms with van der Waals surface area (Å²) in [5, 5.41) is 11.1. The lowest BCUT2D eigenvalue weighted by Crippen LogP contribution is -2.15. The number of amides is 1.